The standard InChI is InChI=1S/C24H26Br2/c25-21-13-9-19(10-14-21)24(20-11-15-22(26)16-12-20)23-17-5-1-2-6-18(23)8-4-3-7-17/h9-18H,1-8H2. The van der Waals surface area contributed by atoms with Gasteiger partial charge in [0.25, 0.3) is 0 Å². The van der Waals surface area contributed by atoms with E-state index in [4.69, 9.17) is 0 Å². The zero-order chi connectivity index (χ0) is 17.9. The number of halogens is 2. The maximum Gasteiger partial charge on any atom is 0.0175 e. The van der Waals surface area contributed by atoms with Gasteiger partial charge in [0.1, 0.15) is 0 Å². The van der Waals surface area contributed by atoms with Crippen LogP contribution < -0.4 is 0 Å². The van der Waals surface area contributed by atoms with Crippen LogP contribution in [-0.2, 0) is 0 Å². The Morgan fingerprint density at radius 3 is 1.27 bits per heavy atom. The highest BCUT2D eigenvalue weighted by Crippen LogP contribution is 2.46. The van der Waals surface area contributed by atoms with Gasteiger partial charge in [0.05, 0.1) is 0 Å². The Labute approximate surface area is 174 Å². The van der Waals surface area contributed by atoms with Crippen LogP contribution in [0.4, 0.5) is 0 Å². The van der Waals surface area contributed by atoms with Crippen LogP contribution in [0.3, 0.4) is 0 Å². The summed E-state index contributed by atoms with van der Waals surface area (Å²) in [5.41, 5.74) is 6.04. The predicted octanol–water partition coefficient (Wildman–Crippen LogP) is 8.39. The van der Waals surface area contributed by atoms with Gasteiger partial charge in [0, 0.05) is 8.95 Å². The number of rotatable bonds is 2. The Balaban J connectivity index is 1.93. The van der Waals surface area contributed by atoms with Crippen LogP contribution in [0.2, 0.25) is 0 Å². The fourth-order valence-corrected chi connectivity index (χ4v) is 5.48. The molecule has 0 aliphatic heterocycles. The molecular formula is C24H26Br2. The van der Waals surface area contributed by atoms with Gasteiger partial charge in [-0.15, -0.1) is 0 Å². The molecule has 2 fully saturated rings. The lowest BCUT2D eigenvalue weighted by molar-refractivity contribution is 0.490. The molecule has 2 heteroatoms. The first-order valence-corrected chi connectivity index (χ1v) is 11.6. The summed E-state index contributed by atoms with van der Waals surface area (Å²) in [6.07, 6.45) is 11.1. The quantitative estimate of drug-likeness (QED) is 0.410. The van der Waals surface area contributed by atoms with Crippen LogP contribution >= 0.6 is 31.9 Å². The highest BCUT2D eigenvalue weighted by molar-refractivity contribution is 9.10. The third kappa shape index (κ3) is 4.02. The second-order valence-corrected chi connectivity index (χ2v) is 9.64. The van der Waals surface area contributed by atoms with Crippen molar-refractivity contribution in [2.24, 2.45) is 11.8 Å². The van der Waals surface area contributed by atoms with Gasteiger partial charge in [0.15, 0.2) is 0 Å². The third-order valence-corrected chi connectivity index (χ3v) is 7.20. The van der Waals surface area contributed by atoms with Crippen LogP contribution in [-0.4, -0.2) is 0 Å². The molecule has 2 bridgehead atoms. The molecule has 2 aliphatic carbocycles. The van der Waals surface area contributed by atoms with E-state index in [1.165, 1.54) is 68.1 Å². The van der Waals surface area contributed by atoms with Crippen LogP contribution in [0.5, 0.6) is 0 Å². The molecule has 0 aromatic heterocycles. The molecule has 0 N–H and O–H groups in total. The van der Waals surface area contributed by atoms with Crippen molar-refractivity contribution in [2.45, 2.75) is 51.4 Å². The van der Waals surface area contributed by atoms with Crippen LogP contribution in [0.1, 0.15) is 62.5 Å². The summed E-state index contributed by atoms with van der Waals surface area (Å²) in [7, 11) is 0. The lowest BCUT2D eigenvalue weighted by Crippen LogP contribution is -2.12. The SMILES string of the molecule is Brc1ccc(C(=C2C3CCCCC2CCCC3)c2ccc(Br)cc2)cc1. The second-order valence-electron chi connectivity index (χ2n) is 7.81. The van der Waals surface area contributed by atoms with Gasteiger partial charge >= 0.3 is 0 Å². The largest absolute Gasteiger partial charge is 0.0556 e. The van der Waals surface area contributed by atoms with E-state index in [1.807, 2.05) is 0 Å². The van der Waals surface area contributed by atoms with Crippen molar-refractivity contribution in [3.05, 3.63) is 74.2 Å². The van der Waals surface area contributed by atoms with Crippen LogP contribution in [0.25, 0.3) is 5.57 Å². The Hall–Kier alpha value is -0.860. The number of benzene rings is 2. The molecule has 2 saturated carbocycles. The van der Waals surface area contributed by atoms with Gasteiger partial charge < -0.3 is 0 Å². The average molecular weight is 474 g/mol. The Kier molecular flexibility index (Phi) is 6.00. The van der Waals surface area contributed by atoms with Crippen LogP contribution in [0.15, 0.2) is 63.0 Å². The van der Waals surface area contributed by atoms with Gasteiger partial charge in [0.2, 0.25) is 0 Å². The van der Waals surface area contributed by atoms with Gasteiger partial charge in [-0.05, 0) is 78.5 Å². The summed E-state index contributed by atoms with van der Waals surface area (Å²) in [6.45, 7) is 0. The first-order valence-electron chi connectivity index (χ1n) is 9.98. The molecule has 0 spiro atoms. The molecule has 0 nitrogen and oxygen atoms in total. The molecule has 0 heterocycles. The van der Waals surface area contributed by atoms with E-state index in [-0.39, 0.29) is 0 Å². The molecule has 136 valence electrons. The number of fused-ring (bicyclic) bond motifs is 2. The monoisotopic (exact) mass is 472 g/mol. The maximum absolute atomic E-state index is 3.61. The maximum atomic E-state index is 3.61. The molecule has 0 amide bonds. The summed E-state index contributed by atoms with van der Waals surface area (Å²) in [4.78, 5) is 0. The predicted molar refractivity (Wildman–Crippen MR) is 118 cm³/mol. The lowest BCUT2D eigenvalue weighted by atomic mass is 9.78. The van der Waals surface area contributed by atoms with Gasteiger partial charge in [-0.2, -0.15) is 0 Å². The number of allylic oxidation sites excluding steroid dienone is 1. The smallest absolute Gasteiger partial charge is 0.0175 e. The van der Waals surface area contributed by atoms with E-state index < -0.39 is 0 Å². The van der Waals surface area contributed by atoms with E-state index in [2.05, 4.69) is 80.4 Å². The fourth-order valence-electron chi connectivity index (χ4n) is 4.95. The highest BCUT2D eigenvalue weighted by atomic mass is 79.9. The van der Waals surface area contributed by atoms with Crippen molar-refractivity contribution in [3.63, 3.8) is 0 Å². The topological polar surface area (TPSA) is 0 Å². The van der Waals surface area contributed by atoms with Crippen molar-refractivity contribution >= 4 is 37.4 Å². The Morgan fingerprint density at radius 1 is 0.577 bits per heavy atom. The molecule has 0 unspecified atom stereocenters. The minimum atomic E-state index is 0.771. The molecular weight excluding hydrogens is 448 g/mol. The first-order chi connectivity index (χ1) is 12.7. The van der Waals surface area contributed by atoms with E-state index >= 15 is 0 Å². The van der Waals surface area contributed by atoms with Gasteiger partial charge in [-0.3, -0.25) is 0 Å². The summed E-state index contributed by atoms with van der Waals surface area (Å²) in [5.74, 6) is 1.54. The van der Waals surface area contributed by atoms with Gasteiger partial charge in [-0.1, -0.05) is 87.4 Å². The summed E-state index contributed by atoms with van der Waals surface area (Å²) >= 11 is 7.22. The second kappa shape index (κ2) is 8.44. The molecule has 4 rings (SSSR count). The zero-order valence-corrected chi connectivity index (χ0v) is 18.4. The summed E-state index contributed by atoms with van der Waals surface area (Å²) < 4.78 is 2.30. The van der Waals surface area contributed by atoms with E-state index in [1.54, 1.807) is 5.57 Å². The molecule has 2 aromatic rings. The lowest BCUT2D eigenvalue weighted by Gasteiger charge is -2.27. The number of hydrogen-bond donors (Lipinski definition) is 0. The van der Waals surface area contributed by atoms with Crippen molar-refractivity contribution in [1.29, 1.82) is 0 Å². The molecule has 0 radical (unpaired) electrons. The highest BCUT2D eigenvalue weighted by Gasteiger charge is 2.31. The van der Waals surface area contributed by atoms with E-state index in [0.717, 1.165) is 20.8 Å². The van der Waals surface area contributed by atoms with Crippen LogP contribution in [0, 0.1) is 11.8 Å². The minimum absolute atomic E-state index is 0.771. The Morgan fingerprint density at radius 2 is 0.923 bits per heavy atom. The summed E-state index contributed by atoms with van der Waals surface area (Å²) in [5, 5.41) is 0. The fraction of sp³-hybridized carbons (Fsp3) is 0.417. The molecule has 2 aromatic carbocycles. The number of hydrogen-bond acceptors (Lipinski definition) is 0. The molecule has 0 saturated heterocycles. The Bertz CT molecular complexity index is 693. The average Bonchev–Trinajstić information content (AvgIpc) is 2.98. The van der Waals surface area contributed by atoms with E-state index in [0.29, 0.717) is 0 Å². The third-order valence-electron chi connectivity index (χ3n) is 6.14. The zero-order valence-electron chi connectivity index (χ0n) is 15.2. The molecule has 26 heavy (non-hydrogen) atoms. The van der Waals surface area contributed by atoms with Crippen molar-refractivity contribution in [1.82, 2.24) is 0 Å². The van der Waals surface area contributed by atoms with Crippen molar-refractivity contribution < 1.29 is 0 Å². The summed E-state index contributed by atoms with van der Waals surface area (Å²) in [6, 6.07) is 17.9. The van der Waals surface area contributed by atoms with Crippen molar-refractivity contribution in [2.75, 3.05) is 0 Å². The molecule has 2 aliphatic rings. The van der Waals surface area contributed by atoms with E-state index in [9.17, 15) is 0 Å². The normalized spacial score (nSPS) is 23.2. The van der Waals surface area contributed by atoms with Crippen molar-refractivity contribution in [3.8, 4) is 0 Å². The molecule has 0 atom stereocenters. The van der Waals surface area contributed by atoms with Gasteiger partial charge in [-0.25, -0.2) is 0 Å². The first kappa shape index (κ1) is 18.5. The minimum Gasteiger partial charge on any atom is -0.0556 e.